The molecule has 2 amide bonds. The molecule has 0 saturated carbocycles. The van der Waals surface area contributed by atoms with Crippen LogP contribution >= 0.6 is 0 Å². The molecule has 144 valence electrons. The SMILES string of the molecule is Cc1noc(C2CN(C(=O)NCc3ccc(F)cc3)CC23CCOCC3)n1. The number of amides is 2. The van der Waals surface area contributed by atoms with Crippen LogP contribution < -0.4 is 5.32 Å². The maximum absolute atomic E-state index is 13.0. The van der Waals surface area contributed by atoms with Gasteiger partial charge in [-0.15, -0.1) is 0 Å². The molecule has 2 saturated heterocycles. The molecular weight excluding hydrogens is 351 g/mol. The number of hydrogen-bond donors (Lipinski definition) is 1. The fourth-order valence-electron chi connectivity index (χ4n) is 4.09. The van der Waals surface area contributed by atoms with E-state index in [2.05, 4.69) is 15.5 Å². The van der Waals surface area contributed by atoms with E-state index in [1.54, 1.807) is 19.1 Å². The molecule has 1 aromatic carbocycles. The van der Waals surface area contributed by atoms with Gasteiger partial charge in [0.25, 0.3) is 0 Å². The molecule has 2 aliphatic rings. The lowest BCUT2D eigenvalue weighted by atomic mass is 9.72. The number of aryl methyl sites for hydroxylation is 1. The van der Waals surface area contributed by atoms with Crippen molar-refractivity contribution in [2.45, 2.75) is 32.2 Å². The van der Waals surface area contributed by atoms with Crippen LogP contribution in [0, 0.1) is 18.2 Å². The molecule has 0 aliphatic carbocycles. The normalized spacial score (nSPS) is 21.6. The summed E-state index contributed by atoms with van der Waals surface area (Å²) in [4.78, 5) is 19.0. The Balaban J connectivity index is 1.46. The fraction of sp³-hybridized carbons (Fsp3) is 0.526. The number of rotatable bonds is 3. The van der Waals surface area contributed by atoms with Gasteiger partial charge in [-0.1, -0.05) is 17.3 Å². The minimum absolute atomic E-state index is 0.0131. The maximum Gasteiger partial charge on any atom is 0.317 e. The van der Waals surface area contributed by atoms with Crippen LogP contribution in [0.15, 0.2) is 28.8 Å². The first-order valence-electron chi connectivity index (χ1n) is 9.21. The summed E-state index contributed by atoms with van der Waals surface area (Å²) in [6.07, 6.45) is 1.72. The van der Waals surface area contributed by atoms with Crippen LogP contribution in [0.1, 0.15) is 36.0 Å². The van der Waals surface area contributed by atoms with Crippen molar-refractivity contribution in [3.8, 4) is 0 Å². The first-order valence-corrected chi connectivity index (χ1v) is 9.21. The Labute approximate surface area is 156 Å². The minimum Gasteiger partial charge on any atom is -0.381 e. The van der Waals surface area contributed by atoms with Crippen molar-refractivity contribution in [2.75, 3.05) is 26.3 Å². The summed E-state index contributed by atoms with van der Waals surface area (Å²) in [5.41, 5.74) is 0.763. The van der Waals surface area contributed by atoms with Gasteiger partial charge in [0.1, 0.15) is 5.82 Å². The molecule has 1 unspecified atom stereocenters. The van der Waals surface area contributed by atoms with Crippen LogP contribution in [-0.2, 0) is 11.3 Å². The quantitative estimate of drug-likeness (QED) is 0.893. The van der Waals surface area contributed by atoms with E-state index in [-0.39, 0.29) is 23.2 Å². The lowest BCUT2D eigenvalue weighted by molar-refractivity contribution is 0.00942. The van der Waals surface area contributed by atoms with Gasteiger partial charge in [-0.2, -0.15) is 4.98 Å². The average Bonchev–Trinajstić information content (AvgIpc) is 3.25. The van der Waals surface area contributed by atoms with Crippen LogP contribution in [0.5, 0.6) is 0 Å². The number of carbonyl (C=O) groups is 1. The molecular formula is C19H23FN4O3. The average molecular weight is 374 g/mol. The Morgan fingerprint density at radius 3 is 2.74 bits per heavy atom. The molecule has 7 nitrogen and oxygen atoms in total. The highest BCUT2D eigenvalue weighted by atomic mass is 19.1. The van der Waals surface area contributed by atoms with Crippen molar-refractivity contribution >= 4 is 6.03 Å². The van der Waals surface area contributed by atoms with Crippen LogP contribution in [0.2, 0.25) is 0 Å². The van der Waals surface area contributed by atoms with Crippen molar-refractivity contribution < 1.29 is 18.4 Å². The highest BCUT2D eigenvalue weighted by Crippen LogP contribution is 2.49. The first kappa shape index (κ1) is 17.9. The standard InChI is InChI=1S/C19H23FN4O3/c1-13-22-17(27-23-13)16-11-24(12-19(16)6-8-26-9-7-19)18(25)21-10-14-2-4-15(20)5-3-14/h2-5,16H,6-12H2,1H3,(H,21,25). The molecule has 0 bridgehead atoms. The zero-order valence-corrected chi connectivity index (χ0v) is 15.3. The lowest BCUT2D eigenvalue weighted by Gasteiger charge is -2.36. The number of ether oxygens (including phenoxy) is 1. The van der Waals surface area contributed by atoms with Crippen LogP contribution in [0.25, 0.3) is 0 Å². The number of nitrogens with zero attached hydrogens (tertiary/aromatic N) is 3. The van der Waals surface area contributed by atoms with Crippen molar-refractivity contribution in [3.63, 3.8) is 0 Å². The maximum atomic E-state index is 13.0. The van der Waals surface area contributed by atoms with E-state index < -0.39 is 0 Å². The second-order valence-electron chi connectivity index (χ2n) is 7.37. The third-order valence-corrected chi connectivity index (χ3v) is 5.62. The van der Waals surface area contributed by atoms with Gasteiger partial charge in [0.05, 0.1) is 5.92 Å². The molecule has 0 radical (unpaired) electrons. The summed E-state index contributed by atoms with van der Waals surface area (Å²) >= 11 is 0. The Morgan fingerprint density at radius 2 is 2.07 bits per heavy atom. The first-order chi connectivity index (χ1) is 13.1. The van der Waals surface area contributed by atoms with E-state index in [0.29, 0.717) is 44.6 Å². The highest BCUT2D eigenvalue weighted by molar-refractivity contribution is 5.74. The summed E-state index contributed by atoms with van der Waals surface area (Å²) in [7, 11) is 0. The lowest BCUT2D eigenvalue weighted by Crippen LogP contribution is -2.41. The van der Waals surface area contributed by atoms with Crippen molar-refractivity contribution in [2.24, 2.45) is 5.41 Å². The highest BCUT2D eigenvalue weighted by Gasteiger charge is 2.51. The van der Waals surface area contributed by atoms with E-state index >= 15 is 0 Å². The molecule has 2 aliphatic heterocycles. The van der Waals surface area contributed by atoms with E-state index in [1.165, 1.54) is 12.1 Å². The number of halogens is 1. The van der Waals surface area contributed by atoms with Gasteiger partial charge in [0.15, 0.2) is 5.82 Å². The van der Waals surface area contributed by atoms with Gasteiger partial charge >= 0.3 is 6.03 Å². The number of urea groups is 1. The van der Waals surface area contributed by atoms with Crippen molar-refractivity contribution in [3.05, 3.63) is 47.4 Å². The van der Waals surface area contributed by atoms with Gasteiger partial charge in [0.2, 0.25) is 5.89 Å². The van der Waals surface area contributed by atoms with Crippen LogP contribution in [-0.4, -0.2) is 47.4 Å². The summed E-state index contributed by atoms with van der Waals surface area (Å²) in [6, 6.07) is 5.99. The van der Waals surface area contributed by atoms with E-state index in [4.69, 9.17) is 9.26 Å². The zero-order valence-electron chi connectivity index (χ0n) is 15.3. The smallest absolute Gasteiger partial charge is 0.317 e. The number of hydrogen-bond acceptors (Lipinski definition) is 5. The van der Waals surface area contributed by atoms with E-state index in [1.807, 2.05) is 4.90 Å². The second-order valence-corrected chi connectivity index (χ2v) is 7.37. The van der Waals surface area contributed by atoms with Crippen molar-refractivity contribution in [1.82, 2.24) is 20.4 Å². The third kappa shape index (κ3) is 3.66. The molecule has 1 spiro atoms. The second kappa shape index (κ2) is 7.26. The topological polar surface area (TPSA) is 80.5 Å². The van der Waals surface area contributed by atoms with Gasteiger partial charge in [-0.05, 0) is 37.5 Å². The third-order valence-electron chi connectivity index (χ3n) is 5.62. The van der Waals surface area contributed by atoms with E-state index in [0.717, 1.165) is 18.4 Å². The Morgan fingerprint density at radius 1 is 1.33 bits per heavy atom. The minimum atomic E-state index is -0.288. The van der Waals surface area contributed by atoms with Crippen LogP contribution in [0.4, 0.5) is 9.18 Å². The summed E-state index contributed by atoms with van der Waals surface area (Å²) in [5, 5.41) is 6.85. The summed E-state index contributed by atoms with van der Waals surface area (Å²) < 4.78 is 24.0. The van der Waals surface area contributed by atoms with Gasteiger partial charge in [0, 0.05) is 38.3 Å². The monoisotopic (exact) mass is 374 g/mol. The van der Waals surface area contributed by atoms with Gasteiger partial charge in [-0.3, -0.25) is 0 Å². The van der Waals surface area contributed by atoms with Gasteiger partial charge in [-0.25, -0.2) is 9.18 Å². The van der Waals surface area contributed by atoms with E-state index in [9.17, 15) is 9.18 Å². The Kier molecular flexibility index (Phi) is 4.82. The zero-order chi connectivity index (χ0) is 18.9. The molecule has 2 aromatic rings. The number of nitrogens with one attached hydrogen (secondary N) is 1. The molecule has 1 aromatic heterocycles. The number of aromatic nitrogens is 2. The Hall–Kier alpha value is -2.48. The van der Waals surface area contributed by atoms with Crippen molar-refractivity contribution in [1.29, 1.82) is 0 Å². The predicted molar refractivity (Wildman–Crippen MR) is 94.5 cm³/mol. The number of benzene rings is 1. The largest absolute Gasteiger partial charge is 0.381 e. The molecule has 1 N–H and O–H groups in total. The molecule has 8 heteroatoms. The summed E-state index contributed by atoms with van der Waals surface area (Å²) in [6.45, 7) is 4.68. The molecule has 2 fully saturated rings. The summed E-state index contributed by atoms with van der Waals surface area (Å²) in [5.74, 6) is 0.928. The molecule has 3 heterocycles. The Bertz CT molecular complexity index is 802. The molecule has 4 rings (SSSR count). The number of carbonyl (C=O) groups excluding carboxylic acids is 1. The number of likely N-dealkylation sites (tertiary alicyclic amines) is 1. The predicted octanol–water partition coefficient (Wildman–Crippen LogP) is 2.62. The molecule has 27 heavy (non-hydrogen) atoms. The fourth-order valence-corrected chi connectivity index (χ4v) is 4.09. The van der Waals surface area contributed by atoms with Crippen LogP contribution in [0.3, 0.4) is 0 Å². The molecule has 1 atom stereocenters. The van der Waals surface area contributed by atoms with Gasteiger partial charge < -0.3 is 19.5 Å².